The minimum absolute atomic E-state index is 0. The van der Waals surface area contributed by atoms with Crippen LogP contribution < -0.4 is 10.6 Å². The maximum Gasteiger partial charge on any atom is 0.224 e. The SMILES string of the molecule is Cl.O=C(CCc1cc2n(n1)CCCNC2)Nc1ccccc1-n1cccn1. The Morgan fingerprint density at radius 1 is 1.26 bits per heavy atom. The van der Waals surface area contributed by atoms with Crippen molar-refractivity contribution in [3.8, 4) is 5.69 Å². The number of hydrogen-bond donors (Lipinski definition) is 2. The highest BCUT2D eigenvalue weighted by molar-refractivity contribution is 5.92. The molecule has 2 N–H and O–H groups in total. The highest BCUT2D eigenvalue weighted by Crippen LogP contribution is 2.19. The van der Waals surface area contributed by atoms with Gasteiger partial charge in [0, 0.05) is 38.3 Å². The van der Waals surface area contributed by atoms with Crippen molar-refractivity contribution >= 4 is 24.0 Å². The first kappa shape index (κ1) is 19.1. The number of carbonyl (C=O) groups is 1. The van der Waals surface area contributed by atoms with E-state index in [1.54, 1.807) is 10.9 Å². The number of carbonyl (C=O) groups excluding carboxylic acids is 1. The number of amides is 1. The Bertz CT molecular complexity index is 866. The molecule has 1 aromatic carbocycles. The lowest BCUT2D eigenvalue weighted by molar-refractivity contribution is -0.116. The van der Waals surface area contributed by atoms with E-state index in [4.69, 9.17) is 0 Å². The molecule has 1 amide bonds. The summed E-state index contributed by atoms with van der Waals surface area (Å²) in [6, 6.07) is 11.6. The highest BCUT2D eigenvalue weighted by atomic mass is 35.5. The number of fused-ring (bicyclic) bond motifs is 1. The molecule has 3 heterocycles. The Morgan fingerprint density at radius 3 is 3.00 bits per heavy atom. The quantitative estimate of drug-likeness (QED) is 0.706. The second-order valence-electron chi connectivity index (χ2n) is 6.40. The molecular weight excluding hydrogens is 364 g/mol. The minimum atomic E-state index is -0.0223. The third kappa shape index (κ3) is 4.56. The van der Waals surface area contributed by atoms with E-state index in [9.17, 15) is 4.79 Å². The Kier molecular flexibility index (Phi) is 6.26. The van der Waals surface area contributed by atoms with Crippen LogP contribution in [0.15, 0.2) is 48.8 Å². The number of anilines is 1. The van der Waals surface area contributed by atoms with Crippen LogP contribution in [-0.4, -0.2) is 32.0 Å². The fraction of sp³-hybridized carbons (Fsp3) is 0.316. The second kappa shape index (κ2) is 8.83. The first-order valence-electron chi connectivity index (χ1n) is 8.95. The van der Waals surface area contributed by atoms with Crippen LogP contribution in [0.3, 0.4) is 0 Å². The largest absolute Gasteiger partial charge is 0.324 e. The van der Waals surface area contributed by atoms with Crippen molar-refractivity contribution in [2.24, 2.45) is 0 Å². The molecule has 3 aromatic rings. The maximum absolute atomic E-state index is 12.4. The van der Waals surface area contributed by atoms with Gasteiger partial charge in [-0.25, -0.2) is 4.68 Å². The molecule has 4 rings (SSSR count). The molecular formula is C19H23ClN6O. The van der Waals surface area contributed by atoms with Gasteiger partial charge in [-0.15, -0.1) is 12.4 Å². The number of aryl methyl sites for hydroxylation is 2. The van der Waals surface area contributed by atoms with E-state index in [0.717, 1.165) is 43.1 Å². The van der Waals surface area contributed by atoms with Gasteiger partial charge in [0.05, 0.1) is 22.8 Å². The summed E-state index contributed by atoms with van der Waals surface area (Å²) in [5.41, 5.74) is 3.78. The molecule has 0 atom stereocenters. The normalized spacial score (nSPS) is 13.3. The van der Waals surface area contributed by atoms with Gasteiger partial charge in [0.2, 0.25) is 5.91 Å². The van der Waals surface area contributed by atoms with Crippen LogP contribution in [0.5, 0.6) is 0 Å². The van der Waals surface area contributed by atoms with Gasteiger partial charge in [-0.2, -0.15) is 10.2 Å². The number of para-hydroxylation sites is 2. The molecule has 8 heteroatoms. The Hall–Kier alpha value is -2.64. The third-order valence-corrected chi connectivity index (χ3v) is 4.48. The predicted octanol–water partition coefficient (Wildman–Crippen LogP) is 2.56. The summed E-state index contributed by atoms with van der Waals surface area (Å²) in [5.74, 6) is -0.0223. The molecule has 0 fully saturated rings. The second-order valence-corrected chi connectivity index (χ2v) is 6.40. The third-order valence-electron chi connectivity index (χ3n) is 4.48. The lowest BCUT2D eigenvalue weighted by Crippen LogP contribution is -2.14. The molecule has 0 bridgehead atoms. The van der Waals surface area contributed by atoms with Crippen LogP contribution in [0.25, 0.3) is 5.69 Å². The standard InChI is InChI=1S/C19H22N6O.ClH/c26-19(8-7-15-13-16-14-20-9-3-11-24(16)23-15)22-17-5-1-2-6-18(17)25-12-4-10-21-25;/h1-2,4-6,10,12-13,20H,3,7-9,11,14H2,(H,22,26);1H. The number of halogens is 1. The van der Waals surface area contributed by atoms with Gasteiger partial charge < -0.3 is 10.6 Å². The summed E-state index contributed by atoms with van der Waals surface area (Å²) in [6.45, 7) is 2.80. The monoisotopic (exact) mass is 386 g/mol. The summed E-state index contributed by atoms with van der Waals surface area (Å²) < 4.78 is 3.80. The van der Waals surface area contributed by atoms with Crippen LogP contribution in [0.2, 0.25) is 0 Å². The van der Waals surface area contributed by atoms with Crippen molar-refractivity contribution in [3.63, 3.8) is 0 Å². The molecule has 0 spiro atoms. The molecule has 1 aliphatic heterocycles. The van der Waals surface area contributed by atoms with Gasteiger partial charge in [0.1, 0.15) is 0 Å². The summed E-state index contributed by atoms with van der Waals surface area (Å²) in [4.78, 5) is 12.4. The lowest BCUT2D eigenvalue weighted by Gasteiger charge is -2.10. The van der Waals surface area contributed by atoms with E-state index in [1.807, 2.05) is 36.5 Å². The number of benzene rings is 1. The predicted molar refractivity (Wildman–Crippen MR) is 106 cm³/mol. The van der Waals surface area contributed by atoms with E-state index in [0.29, 0.717) is 12.8 Å². The molecule has 0 aliphatic carbocycles. The highest BCUT2D eigenvalue weighted by Gasteiger charge is 2.13. The molecule has 2 aromatic heterocycles. The number of hydrogen-bond acceptors (Lipinski definition) is 4. The molecule has 0 saturated carbocycles. The van der Waals surface area contributed by atoms with Gasteiger partial charge in [0.15, 0.2) is 0 Å². The molecule has 0 unspecified atom stereocenters. The van der Waals surface area contributed by atoms with Crippen molar-refractivity contribution in [1.29, 1.82) is 0 Å². The molecule has 7 nitrogen and oxygen atoms in total. The van der Waals surface area contributed by atoms with E-state index in [2.05, 4.69) is 31.6 Å². The van der Waals surface area contributed by atoms with Gasteiger partial charge in [-0.05, 0) is 37.2 Å². The Labute approximate surface area is 164 Å². The number of aromatic nitrogens is 4. The zero-order chi connectivity index (χ0) is 17.8. The number of rotatable bonds is 5. The van der Waals surface area contributed by atoms with Crippen molar-refractivity contribution in [1.82, 2.24) is 24.9 Å². The van der Waals surface area contributed by atoms with E-state index < -0.39 is 0 Å². The fourth-order valence-electron chi connectivity index (χ4n) is 3.19. The van der Waals surface area contributed by atoms with E-state index in [1.165, 1.54) is 5.69 Å². The van der Waals surface area contributed by atoms with Crippen LogP contribution >= 0.6 is 12.4 Å². The molecule has 142 valence electrons. The summed E-state index contributed by atoms with van der Waals surface area (Å²) >= 11 is 0. The Balaban J connectivity index is 0.00000210. The Morgan fingerprint density at radius 2 is 2.15 bits per heavy atom. The van der Waals surface area contributed by atoms with Gasteiger partial charge in [-0.1, -0.05) is 12.1 Å². The van der Waals surface area contributed by atoms with Gasteiger partial charge >= 0.3 is 0 Å². The fourth-order valence-corrected chi connectivity index (χ4v) is 3.19. The molecule has 1 aliphatic rings. The van der Waals surface area contributed by atoms with Crippen molar-refractivity contribution < 1.29 is 4.79 Å². The lowest BCUT2D eigenvalue weighted by atomic mass is 10.2. The van der Waals surface area contributed by atoms with Crippen molar-refractivity contribution in [2.45, 2.75) is 32.4 Å². The minimum Gasteiger partial charge on any atom is -0.324 e. The maximum atomic E-state index is 12.4. The van der Waals surface area contributed by atoms with Gasteiger partial charge in [0.25, 0.3) is 0 Å². The number of nitrogens with one attached hydrogen (secondary N) is 2. The zero-order valence-electron chi connectivity index (χ0n) is 15.0. The number of nitrogens with zero attached hydrogens (tertiary/aromatic N) is 4. The van der Waals surface area contributed by atoms with Crippen LogP contribution in [-0.2, 0) is 24.3 Å². The summed E-state index contributed by atoms with van der Waals surface area (Å²) in [6.07, 6.45) is 5.69. The first-order valence-corrected chi connectivity index (χ1v) is 8.95. The average Bonchev–Trinajstić information content (AvgIpc) is 3.26. The van der Waals surface area contributed by atoms with Crippen molar-refractivity contribution in [3.05, 3.63) is 60.2 Å². The summed E-state index contributed by atoms with van der Waals surface area (Å²) in [5, 5.41) is 15.2. The average molecular weight is 387 g/mol. The van der Waals surface area contributed by atoms with Crippen molar-refractivity contribution in [2.75, 3.05) is 11.9 Å². The van der Waals surface area contributed by atoms with Crippen LogP contribution in [0.4, 0.5) is 5.69 Å². The van der Waals surface area contributed by atoms with E-state index in [-0.39, 0.29) is 18.3 Å². The molecule has 0 radical (unpaired) electrons. The van der Waals surface area contributed by atoms with Gasteiger partial charge in [-0.3, -0.25) is 9.48 Å². The first-order chi connectivity index (χ1) is 12.8. The smallest absolute Gasteiger partial charge is 0.224 e. The van der Waals surface area contributed by atoms with E-state index >= 15 is 0 Å². The van der Waals surface area contributed by atoms with Crippen LogP contribution in [0, 0.1) is 0 Å². The van der Waals surface area contributed by atoms with Crippen LogP contribution in [0.1, 0.15) is 24.2 Å². The summed E-state index contributed by atoms with van der Waals surface area (Å²) in [7, 11) is 0. The topological polar surface area (TPSA) is 76.8 Å². The molecule has 0 saturated heterocycles. The zero-order valence-corrected chi connectivity index (χ0v) is 15.8. The molecule has 27 heavy (non-hydrogen) atoms.